The molecule has 2 aromatic carbocycles. The van der Waals surface area contributed by atoms with Crippen LogP contribution in [0.5, 0.6) is 0 Å². The third-order valence-corrected chi connectivity index (χ3v) is 7.27. The number of carbonyl (C=O) groups excluding carboxylic acids is 1. The van der Waals surface area contributed by atoms with E-state index in [0.29, 0.717) is 6.42 Å². The van der Waals surface area contributed by atoms with E-state index in [1.54, 1.807) is 23.2 Å². The Kier molecular flexibility index (Phi) is 4.55. The number of aromatic amines is 1. The number of benzene rings is 2. The number of H-pyrrole nitrogens is 1. The number of hydrogen-bond donors (Lipinski definition) is 2. The number of fused-ring (bicyclic) bond motifs is 5. The van der Waals surface area contributed by atoms with Gasteiger partial charge in [-0.05, 0) is 78.3 Å². The molecule has 2 aliphatic rings. The highest BCUT2D eigenvalue weighted by atomic mass is 32.1. The van der Waals surface area contributed by atoms with Crippen LogP contribution in [0.3, 0.4) is 0 Å². The Morgan fingerprint density at radius 2 is 2.03 bits per heavy atom. The van der Waals surface area contributed by atoms with E-state index in [-0.39, 0.29) is 29.4 Å². The maximum Gasteiger partial charge on any atom is 0.322 e. The van der Waals surface area contributed by atoms with E-state index in [0.717, 1.165) is 63.4 Å². The van der Waals surface area contributed by atoms with Crippen molar-refractivity contribution in [3.05, 3.63) is 75.5 Å². The van der Waals surface area contributed by atoms with Gasteiger partial charge in [0.2, 0.25) is 5.56 Å². The second-order valence-corrected chi connectivity index (χ2v) is 9.21. The van der Waals surface area contributed by atoms with E-state index in [2.05, 4.69) is 19.0 Å². The average molecular weight is 462 g/mol. The summed E-state index contributed by atoms with van der Waals surface area (Å²) in [6, 6.07) is 9.99. The third-order valence-electron chi connectivity index (χ3n) is 6.72. The molecule has 2 atom stereocenters. The first-order valence-electron chi connectivity index (χ1n) is 10.8. The SMILES string of the molecule is Cc1cc(NC(=O)N2[C@H]3CC[C@@H]2c2c[nH]c(=O)cc2C3)c(F)cc1-c1ccc2nsnc2c1. The molecule has 2 bridgehead atoms. The summed E-state index contributed by atoms with van der Waals surface area (Å²) < 4.78 is 23.6. The van der Waals surface area contributed by atoms with Crippen LogP contribution < -0.4 is 10.9 Å². The molecule has 2 N–H and O–H groups in total. The minimum atomic E-state index is -0.491. The van der Waals surface area contributed by atoms with Crippen molar-refractivity contribution in [2.24, 2.45) is 0 Å². The number of aryl methyl sites for hydroxylation is 1. The topological polar surface area (TPSA) is 91.0 Å². The second kappa shape index (κ2) is 7.48. The largest absolute Gasteiger partial charge is 0.329 e. The average Bonchev–Trinajstić information content (AvgIpc) is 3.39. The molecule has 1 saturated heterocycles. The van der Waals surface area contributed by atoms with Gasteiger partial charge < -0.3 is 15.2 Å². The van der Waals surface area contributed by atoms with Gasteiger partial charge in [-0.3, -0.25) is 4.79 Å². The summed E-state index contributed by atoms with van der Waals surface area (Å²) in [5.74, 6) is -0.491. The molecule has 7 nitrogen and oxygen atoms in total. The van der Waals surface area contributed by atoms with Crippen molar-refractivity contribution < 1.29 is 9.18 Å². The third kappa shape index (κ3) is 3.31. The maximum atomic E-state index is 15.1. The molecule has 1 fully saturated rings. The number of anilines is 1. The summed E-state index contributed by atoms with van der Waals surface area (Å²) in [5.41, 5.74) is 6.02. The molecule has 4 aromatic rings. The number of nitrogens with one attached hydrogen (secondary N) is 2. The summed E-state index contributed by atoms with van der Waals surface area (Å²) in [4.78, 5) is 29.4. The van der Waals surface area contributed by atoms with E-state index >= 15 is 4.39 Å². The first-order chi connectivity index (χ1) is 16.0. The molecule has 0 radical (unpaired) electrons. The van der Waals surface area contributed by atoms with Crippen LogP contribution in [0.25, 0.3) is 22.2 Å². The van der Waals surface area contributed by atoms with Gasteiger partial charge in [0.05, 0.1) is 23.5 Å². The van der Waals surface area contributed by atoms with Gasteiger partial charge in [-0.2, -0.15) is 8.75 Å². The molecule has 0 saturated carbocycles. The fourth-order valence-electron chi connectivity index (χ4n) is 5.18. The van der Waals surface area contributed by atoms with E-state index in [1.165, 1.54) is 6.07 Å². The molecule has 2 amide bonds. The van der Waals surface area contributed by atoms with Crippen LogP contribution in [0.15, 0.2) is 47.4 Å². The molecule has 33 heavy (non-hydrogen) atoms. The predicted octanol–water partition coefficient (Wildman–Crippen LogP) is 4.79. The zero-order valence-electron chi connectivity index (χ0n) is 17.8. The molecule has 0 aliphatic carbocycles. The summed E-state index contributed by atoms with van der Waals surface area (Å²) in [5, 5.41) is 2.79. The molecule has 2 aliphatic heterocycles. The van der Waals surface area contributed by atoms with Crippen molar-refractivity contribution in [3.63, 3.8) is 0 Å². The standard InChI is InChI=1S/C24H20FN5O2S/c1-12-6-20(18(25)10-16(12)13-2-4-19-21(8-13)29-33-28-19)27-24(32)30-15-3-5-22(30)17-11-26-23(31)9-14(17)7-15/h2,4,6,8-11,15,22H,3,5,7H2,1H3,(H,26,31)(H,27,32)/t15-,22+/m0/s1. The molecular weight excluding hydrogens is 441 g/mol. The van der Waals surface area contributed by atoms with E-state index < -0.39 is 5.82 Å². The molecule has 2 aromatic heterocycles. The summed E-state index contributed by atoms with van der Waals surface area (Å²) in [6.07, 6.45) is 4.02. The Labute approximate surface area is 192 Å². The van der Waals surface area contributed by atoms with Gasteiger partial charge in [-0.25, -0.2) is 9.18 Å². The minimum absolute atomic E-state index is 0.00572. The zero-order valence-corrected chi connectivity index (χ0v) is 18.6. The number of halogens is 1. The Bertz CT molecular complexity index is 1480. The molecule has 9 heteroatoms. The van der Waals surface area contributed by atoms with Gasteiger partial charge in [0, 0.05) is 18.3 Å². The van der Waals surface area contributed by atoms with Gasteiger partial charge in [0.1, 0.15) is 16.9 Å². The zero-order chi connectivity index (χ0) is 22.7. The number of rotatable bonds is 2. The fourth-order valence-corrected chi connectivity index (χ4v) is 5.70. The highest BCUT2D eigenvalue weighted by Crippen LogP contribution is 2.43. The van der Waals surface area contributed by atoms with Gasteiger partial charge in [-0.15, -0.1) is 0 Å². The van der Waals surface area contributed by atoms with Crippen LogP contribution in [-0.4, -0.2) is 30.7 Å². The van der Waals surface area contributed by atoms with Gasteiger partial charge in [0.15, 0.2) is 0 Å². The van der Waals surface area contributed by atoms with Crippen LogP contribution >= 0.6 is 11.7 Å². The highest BCUT2D eigenvalue weighted by molar-refractivity contribution is 7.00. The Morgan fingerprint density at radius 1 is 1.18 bits per heavy atom. The van der Waals surface area contributed by atoms with E-state index in [4.69, 9.17) is 0 Å². The minimum Gasteiger partial charge on any atom is -0.329 e. The van der Waals surface area contributed by atoms with Crippen molar-refractivity contribution in [2.45, 2.75) is 38.3 Å². The van der Waals surface area contributed by atoms with Crippen molar-refractivity contribution in [2.75, 3.05) is 5.32 Å². The van der Waals surface area contributed by atoms with Crippen LogP contribution in [0.1, 0.15) is 35.6 Å². The van der Waals surface area contributed by atoms with E-state index in [1.807, 2.05) is 25.1 Å². The van der Waals surface area contributed by atoms with Gasteiger partial charge in [-0.1, -0.05) is 6.07 Å². The van der Waals surface area contributed by atoms with E-state index in [9.17, 15) is 9.59 Å². The molecule has 0 spiro atoms. The summed E-state index contributed by atoms with van der Waals surface area (Å²) in [7, 11) is 0. The first kappa shape index (κ1) is 20.0. The molecule has 0 unspecified atom stereocenters. The smallest absolute Gasteiger partial charge is 0.322 e. The number of nitrogens with zero attached hydrogens (tertiary/aromatic N) is 3. The summed E-state index contributed by atoms with van der Waals surface area (Å²) >= 11 is 1.15. The van der Waals surface area contributed by atoms with Crippen molar-refractivity contribution in [1.29, 1.82) is 0 Å². The Balaban J connectivity index is 1.28. The number of amides is 2. The maximum absolute atomic E-state index is 15.1. The van der Waals surface area contributed by atoms with Crippen LogP contribution in [-0.2, 0) is 6.42 Å². The molecule has 166 valence electrons. The Hall–Kier alpha value is -3.59. The highest BCUT2D eigenvalue weighted by Gasteiger charge is 2.42. The molecule has 4 heterocycles. The summed E-state index contributed by atoms with van der Waals surface area (Å²) in [6.45, 7) is 1.89. The molecular formula is C24H20FN5O2S. The van der Waals surface area contributed by atoms with Crippen molar-refractivity contribution in [3.8, 4) is 11.1 Å². The molecule has 6 rings (SSSR count). The van der Waals surface area contributed by atoms with Crippen LogP contribution in [0.4, 0.5) is 14.9 Å². The number of hydrogen-bond acceptors (Lipinski definition) is 5. The van der Waals surface area contributed by atoms with Crippen molar-refractivity contribution >= 4 is 34.5 Å². The van der Waals surface area contributed by atoms with Crippen LogP contribution in [0, 0.1) is 12.7 Å². The lowest BCUT2D eigenvalue weighted by Gasteiger charge is -2.36. The fraction of sp³-hybridized carbons (Fsp3) is 0.250. The number of carbonyl (C=O) groups is 1. The first-order valence-corrected chi connectivity index (χ1v) is 11.5. The lowest BCUT2D eigenvalue weighted by molar-refractivity contribution is 0.179. The Morgan fingerprint density at radius 3 is 2.91 bits per heavy atom. The predicted molar refractivity (Wildman–Crippen MR) is 125 cm³/mol. The lowest BCUT2D eigenvalue weighted by Crippen LogP contribution is -2.44. The van der Waals surface area contributed by atoms with Crippen LogP contribution in [0.2, 0.25) is 0 Å². The number of aromatic nitrogens is 3. The van der Waals surface area contributed by atoms with Crippen molar-refractivity contribution in [1.82, 2.24) is 18.6 Å². The number of pyridine rings is 1. The lowest BCUT2D eigenvalue weighted by atomic mass is 9.95. The number of urea groups is 1. The normalized spacial score (nSPS) is 19.0. The monoisotopic (exact) mass is 461 g/mol. The van der Waals surface area contributed by atoms with Gasteiger partial charge in [0.25, 0.3) is 0 Å². The quantitative estimate of drug-likeness (QED) is 0.449. The second-order valence-electron chi connectivity index (χ2n) is 8.68. The van der Waals surface area contributed by atoms with Gasteiger partial charge >= 0.3 is 6.03 Å².